The van der Waals surface area contributed by atoms with Gasteiger partial charge in [-0.25, -0.2) is 9.67 Å². The van der Waals surface area contributed by atoms with Crippen molar-refractivity contribution < 1.29 is 4.79 Å². The molecule has 1 atom stereocenters. The fourth-order valence-corrected chi connectivity index (χ4v) is 6.21. The van der Waals surface area contributed by atoms with E-state index in [9.17, 15) is 9.59 Å². The van der Waals surface area contributed by atoms with Gasteiger partial charge in [-0.1, -0.05) is 69.5 Å². The van der Waals surface area contributed by atoms with Crippen LogP contribution in [0.5, 0.6) is 0 Å². The van der Waals surface area contributed by atoms with Crippen molar-refractivity contribution in [2.45, 2.75) is 121 Å². The number of carbonyl (C=O) groups excluding carboxylic acids is 1. The molecule has 7 nitrogen and oxygen atoms in total. The van der Waals surface area contributed by atoms with E-state index in [1.807, 2.05) is 4.68 Å². The second-order valence-electron chi connectivity index (χ2n) is 10.7. The van der Waals surface area contributed by atoms with Gasteiger partial charge >= 0.3 is 0 Å². The van der Waals surface area contributed by atoms with Gasteiger partial charge in [0.25, 0.3) is 5.56 Å². The van der Waals surface area contributed by atoms with Gasteiger partial charge < -0.3 is 5.32 Å². The molecule has 1 aliphatic carbocycles. The first-order chi connectivity index (χ1) is 15.8. The highest BCUT2D eigenvalue weighted by molar-refractivity contribution is 7.99. The van der Waals surface area contributed by atoms with Gasteiger partial charge in [0.2, 0.25) is 5.91 Å². The minimum Gasteiger partial charge on any atom is -0.353 e. The smallest absolute Gasteiger partial charge is 0.265 e. The van der Waals surface area contributed by atoms with Crippen LogP contribution in [0.1, 0.15) is 104 Å². The number of hydrogen-bond donors (Lipinski definition) is 1. The first-order valence-corrected chi connectivity index (χ1v) is 13.8. The molecule has 0 saturated heterocycles. The predicted molar refractivity (Wildman–Crippen MR) is 134 cm³/mol. The molecular weight excluding hydrogens is 434 g/mol. The fraction of sp³-hybridized carbons (Fsp3) is 0.760. The van der Waals surface area contributed by atoms with Crippen molar-refractivity contribution in [3.8, 4) is 0 Å². The van der Waals surface area contributed by atoms with E-state index in [1.54, 1.807) is 22.5 Å². The van der Waals surface area contributed by atoms with Gasteiger partial charge in [0.1, 0.15) is 5.39 Å². The van der Waals surface area contributed by atoms with Crippen LogP contribution in [0.3, 0.4) is 0 Å². The van der Waals surface area contributed by atoms with E-state index in [0.717, 1.165) is 12.8 Å². The summed E-state index contributed by atoms with van der Waals surface area (Å²) in [5, 5.41) is 8.96. The molecule has 1 aliphatic heterocycles. The molecule has 0 spiro atoms. The lowest BCUT2D eigenvalue weighted by atomic mass is 9.97. The van der Waals surface area contributed by atoms with Crippen molar-refractivity contribution >= 4 is 28.7 Å². The van der Waals surface area contributed by atoms with Gasteiger partial charge in [-0.2, -0.15) is 5.10 Å². The van der Waals surface area contributed by atoms with Crippen LogP contribution in [-0.4, -0.2) is 37.0 Å². The summed E-state index contributed by atoms with van der Waals surface area (Å²) in [6.07, 6.45) is 15.7. The third kappa shape index (κ3) is 5.81. The third-order valence-corrected chi connectivity index (χ3v) is 7.99. The minimum absolute atomic E-state index is 0.0583. The average Bonchev–Trinajstić information content (AvgIpc) is 3.35. The summed E-state index contributed by atoms with van der Waals surface area (Å²) in [4.78, 5) is 31.0. The van der Waals surface area contributed by atoms with Gasteiger partial charge in [0, 0.05) is 18.2 Å². The summed E-state index contributed by atoms with van der Waals surface area (Å²) < 4.78 is 3.54. The predicted octanol–water partition coefficient (Wildman–Crippen LogP) is 5.17. The molecule has 4 rings (SSSR count). The number of nitrogens with one attached hydrogen (secondary N) is 1. The van der Waals surface area contributed by atoms with Crippen LogP contribution in [0.25, 0.3) is 11.0 Å². The molecular formula is C25H39N5O2S. The van der Waals surface area contributed by atoms with Gasteiger partial charge in [0.05, 0.1) is 17.8 Å². The number of thioether (sulfide) groups is 1. The molecule has 1 saturated carbocycles. The van der Waals surface area contributed by atoms with Gasteiger partial charge in [-0.15, -0.1) is 0 Å². The summed E-state index contributed by atoms with van der Waals surface area (Å²) in [5.74, 6) is 0.763. The number of hydrogen-bond acceptors (Lipinski definition) is 5. The van der Waals surface area contributed by atoms with Crippen molar-refractivity contribution in [1.29, 1.82) is 0 Å². The van der Waals surface area contributed by atoms with Gasteiger partial charge in [0.15, 0.2) is 10.8 Å². The lowest BCUT2D eigenvalue weighted by Crippen LogP contribution is -2.37. The second-order valence-corrected chi connectivity index (χ2v) is 11.7. The highest BCUT2D eigenvalue weighted by Crippen LogP contribution is 2.33. The monoisotopic (exact) mass is 473 g/mol. The number of aromatic nitrogens is 4. The Bertz CT molecular complexity index is 1010. The number of carbonyl (C=O) groups is 1. The lowest BCUT2D eigenvalue weighted by molar-refractivity contribution is -0.122. The topological polar surface area (TPSA) is 81.8 Å². The first kappa shape index (κ1) is 24.3. The number of nitrogens with zero attached hydrogens (tertiary/aromatic N) is 4. The number of rotatable bonds is 3. The highest BCUT2D eigenvalue weighted by atomic mass is 32.2. The molecule has 0 radical (unpaired) electrons. The molecule has 1 N–H and O–H groups in total. The molecule has 3 heterocycles. The molecule has 1 amide bonds. The Morgan fingerprint density at radius 1 is 1.06 bits per heavy atom. The van der Waals surface area contributed by atoms with Crippen LogP contribution in [0.4, 0.5) is 0 Å². The lowest BCUT2D eigenvalue weighted by Gasteiger charge is -2.21. The van der Waals surface area contributed by atoms with Crippen LogP contribution >= 0.6 is 11.8 Å². The van der Waals surface area contributed by atoms with Crippen LogP contribution < -0.4 is 10.9 Å². The van der Waals surface area contributed by atoms with Gasteiger partial charge in [-0.05, 0) is 33.6 Å². The Morgan fingerprint density at radius 2 is 1.67 bits per heavy atom. The average molecular weight is 474 g/mol. The van der Waals surface area contributed by atoms with E-state index in [1.165, 1.54) is 57.8 Å². The molecule has 2 aliphatic rings. The first-order valence-electron chi connectivity index (χ1n) is 12.8. The van der Waals surface area contributed by atoms with E-state index in [4.69, 9.17) is 4.98 Å². The fourth-order valence-electron chi connectivity index (χ4n) is 5.08. The standard InChI is InChI=1S/C25H39N5O2S/c1-25(2,3)30-22-20(16-26-30)23(32)29-19(17-33-24(29)28-22)15-21(31)27-18-13-11-9-7-5-4-6-8-10-12-14-18/h16,18-19H,4-15,17H2,1-3H3,(H,27,31). The molecule has 33 heavy (non-hydrogen) atoms. The molecule has 2 aromatic rings. The summed E-state index contributed by atoms with van der Waals surface area (Å²) in [7, 11) is 0. The van der Waals surface area contributed by atoms with E-state index in [0.29, 0.717) is 28.4 Å². The maximum atomic E-state index is 13.3. The number of fused-ring (bicyclic) bond motifs is 2. The summed E-state index contributed by atoms with van der Waals surface area (Å²) in [6.45, 7) is 6.15. The van der Waals surface area contributed by atoms with Crippen LogP contribution in [-0.2, 0) is 10.3 Å². The minimum atomic E-state index is -0.254. The van der Waals surface area contributed by atoms with Crippen molar-refractivity contribution in [3.05, 3.63) is 16.6 Å². The quantitative estimate of drug-likeness (QED) is 0.622. The van der Waals surface area contributed by atoms with Gasteiger partial charge in [-0.3, -0.25) is 14.2 Å². The second kappa shape index (κ2) is 10.6. The Kier molecular flexibility index (Phi) is 7.82. The van der Waals surface area contributed by atoms with Crippen molar-refractivity contribution in [2.75, 3.05) is 5.75 Å². The molecule has 1 unspecified atom stereocenters. The Balaban J connectivity index is 1.44. The highest BCUT2D eigenvalue weighted by Gasteiger charge is 2.31. The molecule has 2 aromatic heterocycles. The maximum absolute atomic E-state index is 13.3. The summed E-state index contributed by atoms with van der Waals surface area (Å²) in [6, 6.07) is 0.103. The van der Waals surface area contributed by atoms with Crippen molar-refractivity contribution in [3.63, 3.8) is 0 Å². The van der Waals surface area contributed by atoms with Crippen molar-refractivity contribution in [2.24, 2.45) is 0 Å². The molecule has 0 aromatic carbocycles. The van der Waals surface area contributed by atoms with Crippen LogP contribution in [0.2, 0.25) is 0 Å². The van der Waals surface area contributed by atoms with Crippen molar-refractivity contribution in [1.82, 2.24) is 24.6 Å². The third-order valence-electron chi connectivity index (χ3n) is 6.90. The van der Waals surface area contributed by atoms with E-state index in [-0.39, 0.29) is 29.1 Å². The SMILES string of the molecule is CC(C)(C)n1ncc2c(=O)n3c(nc21)SCC3CC(=O)NC1CCCCCCCCCCC1. The Labute approximate surface area is 201 Å². The largest absolute Gasteiger partial charge is 0.353 e. The summed E-state index contributed by atoms with van der Waals surface area (Å²) >= 11 is 1.56. The van der Waals surface area contributed by atoms with Crippen LogP contribution in [0.15, 0.2) is 16.1 Å². The number of amides is 1. The zero-order valence-electron chi connectivity index (χ0n) is 20.4. The van der Waals surface area contributed by atoms with E-state index in [2.05, 4.69) is 31.2 Å². The Hall–Kier alpha value is -1.83. The zero-order chi connectivity index (χ0) is 23.4. The molecule has 1 fully saturated rings. The zero-order valence-corrected chi connectivity index (χ0v) is 21.3. The Morgan fingerprint density at radius 3 is 2.27 bits per heavy atom. The van der Waals surface area contributed by atoms with Crippen LogP contribution in [0, 0.1) is 0 Å². The summed E-state index contributed by atoms with van der Waals surface area (Å²) in [5.41, 5.74) is 0.292. The molecule has 0 bridgehead atoms. The van der Waals surface area contributed by atoms with E-state index >= 15 is 0 Å². The normalized spacial score (nSPS) is 21.4. The molecule has 8 heteroatoms. The maximum Gasteiger partial charge on any atom is 0.265 e. The van der Waals surface area contributed by atoms with E-state index < -0.39 is 0 Å². The molecule has 182 valence electrons.